The first-order valence-electron chi connectivity index (χ1n) is 14.4. The summed E-state index contributed by atoms with van der Waals surface area (Å²) < 4.78 is 4.42. The van der Waals surface area contributed by atoms with Crippen molar-refractivity contribution in [2.75, 3.05) is 0 Å². The van der Waals surface area contributed by atoms with E-state index in [2.05, 4.69) is 80.0 Å². The summed E-state index contributed by atoms with van der Waals surface area (Å²) in [7, 11) is 0. The van der Waals surface area contributed by atoms with E-state index in [1.54, 1.807) is 6.20 Å². The fourth-order valence-corrected chi connectivity index (χ4v) is 6.20. The van der Waals surface area contributed by atoms with Gasteiger partial charge in [0.05, 0.1) is 34.5 Å². The predicted molar refractivity (Wildman–Crippen MR) is 175 cm³/mol. The lowest BCUT2D eigenvalue weighted by Gasteiger charge is -2.11. The molecule has 0 amide bonds. The minimum Gasteiger partial charge on any atom is -0.309 e. The Labute approximate surface area is 251 Å². The highest BCUT2D eigenvalue weighted by molar-refractivity contribution is 6.18. The summed E-state index contributed by atoms with van der Waals surface area (Å²) in [6, 6.07) is 43.6. The Kier molecular flexibility index (Phi) is 5.36. The molecule has 0 radical (unpaired) electrons. The molecule has 7 heteroatoms. The topological polar surface area (TPSA) is 74.3 Å². The van der Waals surface area contributed by atoms with E-state index >= 15 is 0 Å². The van der Waals surface area contributed by atoms with Gasteiger partial charge < -0.3 is 4.57 Å². The van der Waals surface area contributed by atoms with Gasteiger partial charge in [0.15, 0.2) is 11.6 Å². The Hall–Kier alpha value is -6.21. The van der Waals surface area contributed by atoms with E-state index in [9.17, 15) is 0 Å². The Bertz CT molecular complexity index is 2420. The second-order valence-electron chi connectivity index (χ2n) is 10.7. The van der Waals surface area contributed by atoms with Crippen molar-refractivity contribution in [2.45, 2.75) is 0 Å². The first-order chi connectivity index (χ1) is 21.8. The highest BCUT2D eigenvalue weighted by atomic mass is 15.2. The summed E-state index contributed by atoms with van der Waals surface area (Å²) >= 11 is 0. The lowest BCUT2D eigenvalue weighted by molar-refractivity contribution is 0.946. The van der Waals surface area contributed by atoms with Crippen molar-refractivity contribution < 1.29 is 0 Å². The molecule has 9 aromatic rings. The molecule has 0 fully saturated rings. The molecule has 0 bridgehead atoms. The molecule has 0 spiro atoms. The van der Waals surface area contributed by atoms with Crippen molar-refractivity contribution in [3.8, 4) is 34.4 Å². The molecule has 5 aromatic carbocycles. The average molecular weight is 566 g/mol. The highest BCUT2D eigenvalue weighted by Gasteiger charge is 2.21. The summed E-state index contributed by atoms with van der Waals surface area (Å²) in [5.74, 6) is 1.73. The Morgan fingerprint density at radius 1 is 0.386 bits per heavy atom. The van der Waals surface area contributed by atoms with Crippen LogP contribution in [0, 0.1) is 0 Å². The van der Waals surface area contributed by atoms with Crippen LogP contribution in [0.1, 0.15) is 0 Å². The van der Waals surface area contributed by atoms with Gasteiger partial charge >= 0.3 is 0 Å². The van der Waals surface area contributed by atoms with E-state index in [0.717, 1.165) is 55.0 Å². The van der Waals surface area contributed by atoms with E-state index < -0.39 is 0 Å². The first-order valence-corrected chi connectivity index (χ1v) is 14.4. The van der Waals surface area contributed by atoms with E-state index in [0.29, 0.717) is 17.6 Å². The maximum absolute atomic E-state index is 5.05. The second kappa shape index (κ2) is 9.68. The van der Waals surface area contributed by atoms with E-state index in [-0.39, 0.29) is 0 Å². The van der Waals surface area contributed by atoms with Gasteiger partial charge in [0, 0.05) is 38.4 Å². The van der Waals surface area contributed by atoms with Gasteiger partial charge in [-0.15, -0.1) is 0 Å². The molecule has 0 unspecified atom stereocenters. The smallest absolute Gasteiger partial charge is 0.238 e. The SMILES string of the molecule is c1ccc(-c2nc(-c3ccccc3)nc(-n3c4cnncc4c4cc5c(cc43)c3ccccc3n5-c3ccccc3)n2)cc1. The molecule has 0 saturated carbocycles. The summed E-state index contributed by atoms with van der Waals surface area (Å²) in [5, 5.41) is 12.9. The predicted octanol–water partition coefficient (Wildman–Crippen LogP) is 8.19. The van der Waals surface area contributed by atoms with Gasteiger partial charge in [-0.2, -0.15) is 20.2 Å². The van der Waals surface area contributed by atoms with Crippen molar-refractivity contribution >= 4 is 43.6 Å². The van der Waals surface area contributed by atoms with Crippen LogP contribution in [0.25, 0.3) is 78.0 Å². The van der Waals surface area contributed by atoms with Crippen molar-refractivity contribution in [3.63, 3.8) is 0 Å². The molecule has 7 nitrogen and oxygen atoms in total. The van der Waals surface area contributed by atoms with Crippen LogP contribution < -0.4 is 0 Å². The van der Waals surface area contributed by atoms with Gasteiger partial charge in [-0.05, 0) is 30.3 Å². The molecular formula is C37H23N7. The first kappa shape index (κ1) is 24.4. The van der Waals surface area contributed by atoms with Crippen molar-refractivity contribution in [3.05, 3.63) is 140 Å². The number of aromatic nitrogens is 7. The average Bonchev–Trinajstić information content (AvgIpc) is 3.60. The van der Waals surface area contributed by atoms with Gasteiger partial charge in [-0.25, -0.2) is 4.98 Å². The largest absolute Gasteiger partial charge is 0.309 e. The van der Waals surface area contributed by atoms with Gasteiger partial charge in [0.25, 0.3) is 0 Å². The van der Waals surface area contributed by atoms with E-state index in [1.165, 1.54) is 5.39 Å². The lowest BCUT2D eigenvalue weighted by atomic mass is 10.1. The molecule has 4 aromatic heterocycles. The Morgan fingerprint density at radius 2 is 0.932 bits per heavy atom. The van der Waals surface area contributed by atoms with E-state index in [1.807, 2.05) is 72.9 Å². The molecule has 0 N–H and O–H groups in total. The van der Waals surface area contributed by atoms with Gasteiger partial charge in [-0.3, -0.25) is 4.57 Å². The lowest BCUT2D eigenvalue weighted by Crippen LogP contribution is -2.06. The van der Waals surface area contributed by atoms with Crippen LogP contribution in [0.3, 0.4) is 0 Å². The molecule has 206 valence electrons. The van der Waals surface area contributed by atoms with Crippen LogP contribution >= 0.6 is 0 Å². The number of benzene rings is 5. The minimum absolute atomic E-state index is 0.525. The van der Waals surface area contributed by atoms with Gasteiger partial charge in [0.1, 0.15) is 0 Å². The highest BCUT2D eigenvalue weighted by Crippen LogP contribution is 2.39. The molecule has 0 saturated heterocycles. The minimum atomic E-state index is 0.525. The van der Waals surface area contributed by atoms with E-state index in [4.69, 9.17) is 15.0 Å². The van der Waals surface area contributed by atoms with Crippen LogP contribution in [0.4, 0.5) is 0 Å². The molecule has 0 aliphatic carbocycles. The maximum Gasteiger partial charge on any atom is 0.238 e. The summed E-state index contributed by atoms with van der Waals surface area (Å²) in [6.07, 6.45) is 3.62. The standard InChI is InChI=1S/C37H23N7/c1-4-12-24(13-5-1)35-40-36(25-14-6-2-7-15-25)42-37(41-35)44-33-20-28-27-18-10-11-19-31(27)43(26-16-8-3-9-17-26)32(28)21-29(33)30-22-38-39-23-34(30)44/h1-23H. The van der Waals surface area contributed by atoms with Crippen LogP contribution in [0.2, 0.25) is 0 Å². The Morgan fingerprint density at radius 3 is 1.61 bits per heavy atom. The third-order valence-corrected chi connectivity index (χ3v) is 8.17. The molecule has 0 aliphatic rings. The van der Waals surface area contributed by atoms with Gasteiger partial charge in [-0.1, -0.05) is 97.1 Å². The number of hydrogen-bond acceptors (Lipinski definition) is 5. The number of para-hydroxylation sites is 2. The van der Waals surface area contributed by atoms with Gasteiger partial charge in [0.2, 0.25) is 5.95 Å². The molecular weight excluding hydrogens is 542 g/mol. The number of rotatable bonds is 4. The maximum atomic E-state index is 5.05. The fourth-order valence-electron chi connectivity index (χ4n) is 6.20. The second-order valence-corrected chi connectivity index (χ2v) is 10.7. The van der Waals surface area contributed by atoms with Crippen molar-refractivity contribution in [2.24, 2.45) is 0 Å². The summed E-state index contributed by atoms with van der Waals surface area (Å²) in [4.78, 5) is 15.0. The number of hydrogen-bond donors (Lipinski definition) is 0. The number of nitrogens with zero attached hydrogens (tertiary/aromatic N) is 7. The molecule has 0 aliphatic heterocycles. The fraction of sp³-hybridized carbons (Fsp3) is 0. The number of fused-ring (bicyclic) bond motifs is 6. The molecule has 9 rings (SSSR count). The molecule has 4 heterocycles. The molecule has 0 atom stereocenters. The Balaban J connectivity index is 1.40. The monoisotopic (exact) mass is 565 g/mol. The zero-order chi connectivity index (χ0) is 29.0. The van der Waals surface area contributed by atoms with Crippen LogP contribution in [-0.2, 0) is 0 Å². The quantitative estimate of drug-likeness (QED) is 0.215. The summed E-state index contributed by atoms with van der Waals surface area (Å²) in [6.45, 7) is 0. The normalized spacial score (nSPS) is 11.6. The third kappa shape index (κ3) is 3.73. The summed E-state index contributed by atoms with van der Waals surface area (Å²) in [5.41, 5.74) is 7.06. The van der Waals surface area contributed by atoms with Crippen LogP contribution in [0.15, 0.2) is 140 Å². The third-order valence-electron chi connectivity index (χ3n) is 8.17. The van der Waals surface area contributed by atoms with Crippen LogP contribution in [-0.4, -0.2) is 34.3 Å². The van der Waals surface area contributed by atoms with Crippen LogP contribution in [0.5, 0.6) is 0 Å². The van der Waals surface area contributed by atoms with Crippen molar-refractivity contribution in [1.82, 2.24) is 34.3 Å². The molecule has 44 heavy (non-hydrogen) atoms. The zero-order valence-corrected chi connectivity index (χ0v) is 23.4. The van der Waals surface area contributed by atoms with Crippen molar-refractivity contribution in [1.29, 1.82) is 0 Å². The zero-order valence-electron chi connectivity index (χ0n) is 23.4.